The molecule has 0 aromatic carbocycles. The highest BCUT2D eigenvalue weighted by Crippen LogP contribution is 2.43. The van der Waals surface area contributed by atoms with Gasteiger partial charge in [0.25, 0.3) is 0 Å². The predicted octanol–water partition coefficient (Wildman–Crippen LogP) is 12.2. The van der Waals surface area contributed by atoms with Gasteiger partial charge in [0.15, 0.2) is 0 Å². The number of ether oxygens (including phenoxy) is 2. The summed E-state index contributed by atoms with van der Waals surface area (Å²) in [4.78, 5) is 22.6. The van der Waals surface area contributed by atoms with Gasteiger partial charge in [-0.25, -0.2) is 4.57 Å². The van der Waals surface area contributed by atoms with Gasteiger partial charge in [-0.05, 0) is 89.9 Å². The number of carbonyl (C=O) groups excluding carboxylic acids is 1. The van der Waals surface area contributed by atoms with Crippen LogP contribution < -0.4 is 0 Å². The van der Waals surface area contributed by atoms with E-state index in [9.17, 15) is 19.4 Å². The highest BCUT2D eigenvalue weighted by Gasteiger charge is 2.26. The molecule has 0 spiro atoms. The van der Waals surface area contributed by atoms with Crippen molar-refractivity contribution in [3.63, 3.8) is 0 Å². The first-order chi connectivity index (χ1) is 28.3. The minimum atomic E-state index is -4.54. The van der Waals surface area contributed by atoms with Crippen LogP contribution in [-0.2, 0) is 27.9 Å². The first-order valence-corrected chi connectivity index (χ1v) is 23.4. The first kappa shape index (κ1) is 55.1. The van der Waals surface area contributed by atoms with Crippen molar-refractivity contribution in [2.75, 3.05) is 33.0 Å². The lowest BCUT2D eigenvalue weighted by Gasteiger charge is -2.20. The third-order valence-electron chi connectivity index (χ3n) is 8.42. The molecule has 0 amide bonds. The Balaban J connectivity index is 4.33. The van der Waals surface area contributed by atoms with Crippen molar-refractivity contribution in [3.8, 4) is 0 Å². The maximum Gasteiger partial charge on any atom is 0.472 e. The topological polar surface area (TPSA) is 132 Å². The largest absolute Gasteiger partial charge is 0.472 e. The maximum absolute atomic E-state index is 12.6. The average molecular weight is 831 g/mol. The summed E-state index contributed by atoms with van der Waals surface area (Å²) in [6.45, 7) is 3.20. The highest BCUT2D eigenvalue weighted by molar-refractivity contribution is 7.47. The standard InChI is InChI=1S/C48H79O9P/c1-3-5-7-9-11-13-15-17-19-20-21-22-23-24-25-26-27-28-30-32-34-36-38-40-48(51)57-47(45-56-58(52,53)55-43-46(50)42-49)44-54-41-39-37-35-33-31-29-18-16-14-12-10-8-6-4-2/h5,7-8,10-11,13-14,16-17,19,21-22,24-25,27-28,32,34,46-47,49-50H,3-4,6,9,12,15,18,20,23,26,29-31,33,35-45H2,1-2H3,(H,52,53)/b7-5-,10-8-,13-11-,16-14-,19-17-,22-21-,25-24-,28-27-,34-32-. The number of carbonyl (C=O) groups is 1. The molecular weight excluding hydrogens is 751 g/mol. The summed E-state index contributed by atoms with van der Waals surface area (Å²) in [7, 11) is -4.54. The van der Waals surface area contributed by atoms with Crippen molar-refractivity contribution >= 4 is 13.8 Å². The van der Waals surface area contributed by atoms with Crippen LogP contribution in [0.25, 0.3) is 0 Å². The minimum absolute atomic E-state index is 0.0107. The van der Waals surface area contributed by atoms with E-state index < -0.39 is 45.8 Å². The minimum Gasteiger partial charge on any atom is -0.457 e. The zero-order valence-corrected chi connectivity index (χ0v) is 36.9. The molecule has 0 bridgehead atoms. The van der Waals surface area contributed by atoms with Crippen LogP contribution in [0.15, 0.2) is 109 Å². The molecule has 0 saturated heterocycles. The summed E-state index contributed by atoms with van der Waals surface area (Å²) in [5.74, 6) is -0.449. The van der Waals surface area contributed by atoms with Gasteiger partial charge in [0, 0.05) is 13.0 Å². The molecule has 0 radical (unpaired) electrons. The molecule has 0 aliphatic rings. The lowest BCUT2D eigenvalue weighted by molar-refractivity contribution is -0.154. The van der Waals surface area contributed by atoms with E-state index >= 15 is 0 Å². The van der Waals surface area contributed by atoms with E-state index in [2.05, 4.69) is 117 Å². The van der Waals surface area contributed by atoms with Gasteiger partial charge in [-0.3, -0.25) is 13.8 Å². The zero-order valence-electron chi connectivity index (χ0n) is 36.0. The normalized spacial score (nSPS) is 15.1. The fourth-order valence-corrected chi connectivity index (χ4v) is 5.93. The van der Waals surface area contributed by atoms with Gasteiger partial charge in [-0.1, -0.05) is 155 Å². The lowest BCUT2D eigenvalue weighted by atomic mass is 10.1. The smallest absolute Gasteiger partial charge is 0.457 e. The molecule has 9 nitrogen and oxygen atoms in total. The van der Waals surface area contributed by atoms with Gasteiger partial charge in [-0.15, -0.1) is 0 Å². The van der Waals surface area contributed by atoms with Crippen LogP contribution >= 0.6 is 7.82 Å². The summed E-state index contributed by atoms with van der Waals surface area (Å²) in [6.07, 6.45) is 56.2. The van der Waals surface area contributed by atoms with Crippen LogP contribution in [0.1, 0.15) is 142 Å². The maximum atomic E-state index is 12.6. The molecule has 0 aliphatic heterocycles. The van der Waals surface area contributed by atoms with E-state index in [1.54, 1.807) is 0 Å². The second-order valence-corrected chi connectivity index (χ2v) is 15.4. The Labute approximate surface area is 352 Å². The van der Waals surface area contributed by atoms with Crippen LogP contribution in [0.5, 0.6) is 0 Å². The number of aliphatic hydroxyl groups excluding tert-OH is 2. The Kier molecular flexibility index (Phi) is 41.5. The van der Waals surface area contributed by atoms with E-state index in [0.29, 0.717) is 13.0 Å². The Morgan fingerprint density at radius 1 is 0.552 bits per heavy atom. The molecule has 0 saturated carbocycles. The van der Waals surface area contributed by atoms with E-state index in [0.717, 1.165) is 89.9 Å². The molecule has 0 rings (SSSR count). The molecule has 0 aromatic rings. The number of phosphoric ester groups is 1. The molecule has 3 atom stereocenters. The van der Waals surface area contributed by atoms with Crippen LogP contribution in [0.2, 0.25) is 0 Å². The quantitative estimate of drug-likeness (QED) is 0.0239. The zero-order chi connectivity index (χ0) is 42.5. The SMILES string of the molecule is CC/C=C\C/C=C\C/C=C\C/C=C\C/C=C\C/C=C\C/C=C\CCCC(=O)OC(COCCCCCCCC/C=C\C/C=C\CCC)COP(=O)(O)OCC(O)CO. The molecule has 10 heteroatoms. The molecule has 0 aliphatic carbocycles. The number of hydrogen-bond acceptors (Lipinski definition) is 8. The van der Waals surface area contributed by atoms with Gasteiger partial charge < -0.3 is 24.6 Å². The lowest BCUT2D eigenvalue weighted by Crippen LogP contribution is -2.29. The Morgan fingerprint density at radius 2 is 0.983 bits per heavy atom. The van der Waals surface area contributed by atoms with E-state index in [4.69, 9.17) is 23.6 Å². The van der Waals surface area contributed by atoms with Gasteiger partial charge >= 0.3 is 13.8 Å². The van der Waals surface area contributed by atoms with E-state index in [1.165, 1.54) is 25.7 Å². The number of allylic oxidation sites excluding steroid dienone is 18. The van der Waals surface area contributed by atoms with Crippen molar-refractivity contribution < 1.29 is 43.0 Å². The van der Waals surface area contributed by atoms with Crippen LogP contribution in [0, 0.1) is 0 Å². The Bertz CT molecular complexity index is 1260. The van der Waals surface area contributed by atoms with Crippen LogP contribution in [0.4, 0.5) is 0 Å². The first-order valence-electron chi connectivity index (χ1n) is 21.9. The number of rotatable bonds is 40. The molecule has 3 N–H and O–H groups in total. The molecule has 330 valence electrons. The summed E-state index contributed by atoms with van der Waals surface area (Å²) >= 11 is 0. The third kappa shape index (κ3) is 42.7. The van der Waals surface area contributed by atoms with Gasteiger partial charge in [0.05, 0.1) is 26.4 Å². The number of hydrogen-bond donors (Lipinski definition) is 3. The molecule has 0 aromatic heterocycles. The molecule has 0 fully saturated rings. The number of aliphatic hydroxyl groups is 2. The van der Waals surface area contributed by atoms with Crippen molar-refractivity contribution in [1.29, 1.82) is 0 Å². The average Bonchev–Trinajstić information content (AvgIpc) is 3.21. The van der Waals surface area contributed by atoms with Gasteiger partial charge in [-0.2, -0.15) is 0 Å². The van der Waals surface area contributed by atoms with Crippen molar-refractivity contribution in [1.82, 2.24) is 0 Å². The predicted molar refractivity (Wildman–Crippen MR) is 241 cm³/mol. The van der Waals surface area contributed by atoms with Crippen LogP contribution in [-0.4, -0.2) is 66.3 Å². The third-order valence-corrected chi connectivity index (χ3v) is 9.37. The summed E-state index contributed by atoms with van der Waals surface area (Å²) in [5, 5.41) is 18.3. The number of unbranched alkanes of at least 4 members (excludes halogenated alkanes) is 8. The second-order valence-electron chi connectivity index (χ2n) is 14.0. The van der Waals surface area contributed by atoms with Gasteiger partial charge in [0.2, 0.25) is 0 Å². The van der Waals surface area contributed by atoms with E-state index in [-0.39, 0.29) is 13.0 Å². The highest BCUT2D eigenvalue weighted by atomic mass is 31.2. The van der Waals surface area contributed by atoms with Gasteiger partial charge in [0.1, 0.15) is 12.2 Å². The fourth-order valence-electron chi connectivity index (χ4n) is 5.14. The summed E-state index contributed by atoms with van der Waals surface area (Å²) in [5.41, 5.74) is 0. The molecule has 0 heterocycles. The number of phosphoric acid groups is 1. The Morgan fingerprint density at radius 3 is 1.48 bits per heavy atom. The summed E-state index contributed by atoms with van der Waals surface area (Å²) in [6, 6.07) is 0. The molecule has 58 heavy (non-hydrogen) atoms. The molecule has 3 unspecified atom stereocenters. The molecular formula is C48H79O9P. The summed E-state index contributed by atoms with van der Waals surface area (Å²) < 4.78 is 33.3. The van der Waals surface area contributed by atoms with Crippen molar-refractivity contribution in [3.05, 3.63) is 109 Å². The monoisotopic (exact) mass is 831 g/mol. The van der Waals surface area contributed by atoms with Crippen LogP contribution in [0.3, 0.4) is 0 Å². The second kappa shape index (κ2) is 43.7. The Hall–Kier alpha value is -2.88. The van der Waals surface area contributed by atoms with E-state index in [1.807, 2.05) is 6.08 Å². The fraction of sp³-hybridized carbons (Fsp3) is 0.604. The van der Waals surface area contributed by atoms with Crippen molar-refractivity contribution in [2.45, 2.75) is 154 Å². The number of esters is 1. The van der Waals surface area contributed by atoms with Crippen molar-refractivity contribution in [2.24, 2.45) is 0 Å².